The molecule has 0 aliphatic rings. The minimum Gasteiger partial charge on any atom is -0.481 e. The van der Waals surface area contributed by atoms with Gasteiger partial charge in [0.05, 0.1) is 31.1 Å². The molecule has 0 radical (unpaired) electrons. The second-order valence-electron chi connectivity index (χ2n) is 18.9. The molecule has 19 N–H and O–H groups in total. The van der Waals surface area contributed by atoms with E-state index in [1.54, 1.807) is 27.7 Å². The Morgan fingerprint density at radius 2 is 0.767 bits per heavy atom. The summed E-state index contributed by atoms with van der Waals surface area (Å²) in [7, 11) is 0. The van der Waals surface area contributed by atoms with Crippen molar-refractivity contribution in [2.24, 2.45) is 35.0 Å². The summed E-state index contributed by atoms with van der Waals surface area (Å²) in [6.07, 6.45) is -6.03. The minimum absolute atomic E-state index is 0.0553. The zero-order valence-corrected chi connectivity index (χ0v) is 42.7. The van der Waals surface area contributed by atoms with Crippen LogP contribution >= 0.6 is 0 Å². The van der Waals surface area contributed by atoms with Crippen LogP contribution in [0.1, 0.15) is 108 Å². The molecule has 0 rings (SSSR count). The van der Waals surface area contributed by atoms with Gasteiger partial charge in [0.1, 0.15) is 54.4 Å². The molecular formula is C44H76N12O17. The number of aliphatic carboxylic acids is 2. The smallest absolute Gasteiger partial charge is 0.326 e. The number of carboxylic acid groups (broad SMARTS) is 2. The molecule has 73 heavy (non-hydrogen) atoms. The number of nitrogens with one attached hydrogen (secondary N) is 9. The molecule has 414 valence electrons. The molecule has 0 saturated carbocycles. The standard InChI is InChI=1S/C44H76N12O17/c1-17(2)13-26(51-37(65)24(45)15-30(47)60)39(67)48-20(7)35(63)50-25(11-12-29(46)59)38(66)56-33(22(9)57)42(70)53-28(16-31(61)62)41(69)52-27(14-18(3)4)40(68)49-21(8)36(64)55-34(23(10)58)43(71)54-32(19(5)6)44(72)73/h17-28,32-34,57-58H,11-16,45H2,1-10H3,(H2,46,59)(H2,47,60)(H,48,67)(H,49,68)(H,50,63)(H,51,65)(H,52,69)(H,53,70)(H,54,71)(H,55,64)(H,56,66)(H,61,62)(H,72,73)/t20-,21-,22+,23+,24-,25-,26-,27-,28-,32-,33-,34-/m0/s1. The second-order valence-corrected chi connectivity index (χ2v) is 18.9. The predicted molar refractivity (Wildman–Crippen MR) is 256 cm³/mol. The number of rotatable bonds is 33. The van der Waals surface area contributed by atoms with E-state index in [-0.39, 0.29) is 24.7 Å². The lowest BCUT2D eigenvalue weighted by atomic mass is 10.0. The van der Waals surface area contributed by atoms with E-state index in [1.807, 2.05) is 0 Å². The molecule has 0 fully saturated rings. The first-order valence-electron chi connectivity index (χ1n) is 23.5. The van der Waals surface area contributed by atoms with Crippen molar-refractivity contribution < 1.29 is 82.8 Å². The Kier molecular flexibility index (Phi) is 28.4. The van der Waals surface area contributed by atoms with E-state index < -0.39 is 181 Å². The van der Waals surface area contributed by atoms with Gasteiger partial charge in [0.15, 0.2) is 0 Å². The SMILES string of the molecule is CC(C)C[C@H](NC(=O)[C@H](CC(=O)O)NC(=O)[C@@H](NC(=O)[C@H](CCC(N)=O)NC(=O)[C@H](C)NC(=O)[C@H](CC(C)C)NC(=O)[C@@H](N)CC(N)=O)[C@@H](C)O)C(=O)N[C@@H](C)C(=O)N[C@H](C(=O)N[C@H](C(=O)O)C(C)C)[C@@H](C)O. The van der Waals surface area contributed by atoms with Gasteiger partial charge in [0, 0.05) is 6.42 Å². The van der Waals surface area contributed by atoms with E-state index in [2.05, 4.69) is 47.9 Å². The van der Waals surface area contributed by atoms with Gasteiger partial charge in [0.25, 0.3) is 0 Å². The molecule has 0 aromatic carbocycles. The Bertz CT molecular complexity index is 2000. The molecule has 0 aliphatic carbocycles. The summed E-state index contributed by atoms with van der Waals surface area (Å²) in [5.74, 6) is -15.5. The van der Waals surface area contributed by atoms with Gasteiger partial charge in [0.2, 0.25) is 65.0 Å². The number of carbonyl (C=O) groups excluding carboxylic acids is 11. The Morgan fingerprint density at radius 3 is 1.15 bits per heavy atom. The molecule has 29 heteroatoms. The van der Waals surface area contributed by atoms with Crippen LogP contribution in [-0.4, -0.2) is 170 Å². The van der Waals surface area contributed by atoms with Gasteiger partial charge in [-0.2, -0.15) is 0 Å². The van der Waals surface area contributed by atoms with Crippen LogP contribution in [0.5, 0.6) is 0 Å². The largest absolute Gasteiger partial charge is 0.481 e. The van der Waals surface area contributed by atoms with Gasteiger partial charge in [-0.05, 0) is 64.7 Å². The summed E-state index contributed by atoms with van der Waals surface area (Å²) in [6.45, 7) is 14.4. The van der Waals surface area contributed by atoms with Gasteiger partial charge in [-0.1, -0.05) is 41.5 Å². The molecule has 0 spiro atoms. The quantitative estimate of drug-likeness (QED) is 0.0291. The van der Waals surface area contributed by atoms with Crippen molar-refractivity contribution in [2.75, 3.05) is 0 Å². The van der Waals surface area contributed by atoms with Crippen LogP contribution in [-0.2, 0) is 62.3 Å². The second kappa shape index (κ2) is 31.4. The van der Waals surface area contributed by atoms with Crippen LogP contribution in [0.2, 0.25) is 0 Å². The summed E-state index contributed by atoms with van der Waals surface area (Å²) in [6, 6.07) is -15.7. The van der Waals surface area contributed by atoms with Crippen molar-refractivity contribution in [1.29, 1.82) is 0 Å². The molecular weight excluding hydrogens is 969 g/mol. The Balaban J connectivity index is 6.34. The highest BCUT2D eigenvalue weighted by Crippen LogP contribution is 2.11. The summed E-state index contributed by atoms with van der Waals surface area (Å²) in [5, 5.41) is 60.5. The molecule has 0 aliphatic heterocycles. The number of carboxylic acids is 2. The Morgan fingerprint density at radius 1 is 0.411 bits per heavy atom. The maximum Gasteiger partial charge on any atom is 0.326 e. The lowest BCUT2D eigenvalue weighted by Crippen LogP contribution is -2.62. The van der Waals surface area contributed by atoms with Crippen LogP contribution in [0.25, 0.3) is 0 Å². The van der Waals surface area contributed by atoms with E-state index in [0.29, 0.717) is 0 Å². The van der Waals surface area contributed by atoms with E-state index in [1.165, 1.54) is 27.7 Å². The van der Waals surface area contributed by atoms with Crippen LogP contribution in [0.15, 0.2) is 0 Å². The molecule has 0 bridgehead atoms. The number of nitrogens with two attached hydrogens (primary N) is 3. The van der Waals surface area contributed by atoms with Crippen LogP contribution in [0, 0.1) is 17.8 Å². The number of aliphatic hydroxyl groups is 2. The lowest BCUT2D eigenvalue weighted by molar-refractivity contribution is -0.144. The number of aliphatic hydroxyl groups excluding tert-OH is 2. The number of hydrogen-bond acceptors (Lipinski definition) is 16. The van der Waals surface area contributed by atoms with Crippen LogP contribution < -0.4 is 65.1 Å². The van der Waals surface area contributed by atoms with Gasteiger partial charge in [-0.15, -0.1) is 0 Å². The van der Waals surface area contributed by atoms with Gasteiger partial charge in [-0.25, -0.2) is 4.79 Å². The zero-order chi connectivity index (χ0) is 56.8. The first-order chi connectivity index (χ1) is 33.6. The normalized spacial score (nSPS) is 16.2. The van der Waals surface area contributed by atoms with E-state index >= 15 is 0 Å². The summed E-state index contributed by atoms with van der Waals surface area (Å²) < 4.78 is 0. The summed E-state index contributed by atoms with van der Waals surface area (Å²) in [4.78, 5) is 166. The molecule has 0 heterocycles. The third kappa shape index (κ3) is 24.8. The van der Waals surface area contributed by atoms with Crippen molar-refractivity contribution >= 4 is 76.9 Å². The average Bonchev–Trinajstić information content (AvgIpc) is 3.25. The van der Waals surface area contributed by atoms with Gasteiger partial charge in [-0.3, -0.25) is 57.5 Å². The first kappa shape index (κ1) is 66.0. The van der Waals surface area contributed by atoms with E-state index in [0.717, 1.165) is 13.8 Å². The molecule has 0 saturated heterocycles. The Hall–Kier alpha value is -7.01. The molecule has 0 unspecified atom stereocenters. The summed E-state index contributed by atoms with van der Waals surface area (Å²) in [5.41, 5.74) is 16.1. The lowest BCUT2D eigenvalue weighted by Gasteiger charge is -2.28. The highest BCUT2D eigenvalue weighted by molar-refractivity contribution is 5.99. The maximum atomic E-state index is 13.7. The zero-order valence-electron chi connectivity index (χ0n) is 42.7. The molecule has 12 atom stereocenters. The van der Waals surface area contributed by atoms with E-state index in [9.17, 15) is 82.8 Å². The number of carbonyl (C=O) groups is 13. The number of hydrogen-bond donors (Lipinski definition) is 16. The first-order valence-corrected chi connectivity index (χ1v) is 23.5. The van der Waals surface area contributed by atoms with Crippen molar-refractivity contribution in [3.63, 3.8) is 0 Å². The van der Waals surface area contributed by atoms with Gasteiger partial charge < -0.3 is 85.5 Å². The van der Waals surface area contributed by atoms with E-state index in [4.69, 9.17) is 17.2 Å². The maximum absolute atomic E-state index is 13.7. The fraction of sp³-hybridized carbons (Fsp3) is 0.705. The fourth-order valence-electron chi connectivity index (χ4n) is 6.62. The highest BCUT2D eigenvalue weighted by atomic mass is 16.4. The molecule has 29 nitrogen and oxygen atoms in total. The minimum atomic E-state index is -1.99. The summed E-state index contributed by atoms with van der Waals surface area (Å²) >= 11 is 0. The molecule has 11 amide bonds. The van der Waals surface area contributed by atoms with Crippen molar-refractivity contribution in [3.05, 3.63) is 0 Å². The molecule has 0 aromatic heterocycles. The van der Waals surface area contributed by atoms with Gasteiger partial charge >= 0.3 is 11.9 Å². The van der Waals surface area contributed by atoms with Crippen molar-refractivity contribution in [1.82, 2.24) is 47.9 Å². The highest BCUT2D eigenvalue weighted by Gasteiger charge is 2.37. The average molecular weight is 1050 g/mol. The number of amides is 11. The van der Waals surface area contributed by atoms with Crippen molar-refractivity contribution in [2.45, 2.75) is 180 Å². The topological polar surface area (TPSA) is 489 Å². The monoisotopic (exact) mass is 1040 g/mol. The van der Waals surface area contributed by atoms with Crippen molar-refractivity contribution in [3.8, 4) is 0 Å². The predicted octanol–water partition coefficient (Wildman–Crippen LogP) is -6.07. The number of primary amides is 2. The van der Waals surface area contributed by atoms with Crippen LogP contribution in [0.4, 0.5) is 0 Å². The van der Waals surface area contributed by atoms with Crippen LogP contribution in [0.3, 0.4) is 0 Å². The molecule has 0 aromatic rings. The Labute approximate surface area is 422 Å². The fourth-order valence-corrected chi connectivity index (χ4v) is 6.62. The third-order valence-corrected chi connectivity index (χ3v) is 10.6. The third-order valence-electron chi connectivity index (χ3n) is 10.6.